The summed E-state index contributed by atoms with van der Waals surface area (Å²) < 4.78 is 1.14. The number of halogens is 1. The first-order valence-corrected chi connectivity index (χ1v) is 6.19. The summed E-state index contributed by atoms with van der Waals surface area (Å²) in [6, 6.07) is 6.05. The number of rotatable bonds is 3. The molecule has 0 bridgehead atoms. The Morgan fingerprint density at radius 3 is 2.80 bits per heavy atom. The highest BCUT2D eigenvalue weighted by Gasteiger charge is 2.11. The highest BCUT2D eigenvalue weighted by atomic mass is 127. The average molecular weight is 317 g/mol. The van der Waals surface area contributed by atoms with Crippen molar-refractivity contribution < 1.29 is 4.79 Å². The Morgan fingerprint density at radius 1 is 1.53 bits per heavy atom. The summed E-state index contributed by atoms with van der Waals surface area (Å²) in [4.78, 5) is 11.7. The van der Waals surface area contributed by atoms with Crippen LogP contribution >= 0.6 is 22.6 Å². The number of hydrogen-bond donors (Lipinski definition) is 1. The molecular weight excluding hydrogens is 301 g/mol. The zero-order chi connectivity index (χ0) is 11.4. The molecule has 2 nitrogen and oxygen atoms in total. The van der Waals surface area contributed by atoms with Gasteiger partial charge in [-0.25, -0.2) is 0 Å². The molecule has 0 aliphatic carbocycles. The van der Waals surface area contributed by atoms with Crippen LogP contribution in [0.15, 0.2) is 18.2 Å². The minimum atomic E-state index is 0.0715. The largest absolute Gasteiger partial charge is 0.326 e. The van der Waals surface area contributed by atoms with Gasteiger partial charge in [-0.2, -0.15) is 0 Å². The zero-order valence-electron chi connectivity index (χ0n) is 9.30. The Morgan fingerprint density at radius 2 is 2.20 bits per heavy atom. The molecule has 1 aromatic rings. The van der Waals surface area contributed by atoms with E-state index >= 15 is 0 Å². The first-order valence-electron chi connectivity index (χ1n) is 5.11. The molecule has 0 aliphatic rings. The molecule has 1 amide bonds. The predicted molar refractivity (Wildman–Crippen MR) is 72.0 cm³/mol. The van der Waals surface area contributed by atoms with E-state index in [-0.39, 0.29) is 11.8 Å². The maximum absolute atomic E-state index is 11.7. The summed E-state index contributed by atoms with van der Waals surface area (Å²) in [6.07, 6.45) is 0.870. The van der Waals surface area contributed by atoms with Crippen LogP contribution < -0.4 is 5.32 Å². The van der Waals surface area contributed by atoms with Crippen LogP contribution in [0.5, 0.6) is 0 Å². The summed E-state index contributed by atoms with van der Waals surface area (Å²) in [5, 5.41) is 2.96. The molecular formula is C12H16INO. The third-order valence-corrected chi connectivity index (χ3v) is 3.19. The minimum Gasteiger partial charge on any atom is -0.326 e. The van der Waals surface area contributed by atoms with Gasteiger partial charge in [-0.1, -0.05) is 19.9 Å². The van der Waals surface area contributed by atoms with Gasteiger partial charge in [-0.3, -0.25) is 4.79 Å². The number of amides is 1. The quantitative estimate of drug-likeness (QED) is 0.848. The monoisotopic (exact) mass is 317 g/mol. The van der Waals surface area contributed by atoms with Crippen LogP contribution in [0.2, 0.25) is 0 Å². The molecule has 0 fully saturated rings. The topological polar surface area (TPSA) is 29.1 Å². The van der Waals surface area contributed by atoms with E-state index in [0.717, 1.165) is 21.2 Å². The number of hydrogen-bond acceptors (Lipinski definition) is 1. The van der Waals surface area contributed by atoms with E-state index in [4.69, 9.17) is 0 Å². The molecule has 0 spiro atoms. The Bertz CT molecular complexity index is 363. The van der Waals surface area contributed by atoms with Gasteiger partial charge in [-0.05, 0) is 53.6 Å². The van der Waals surface area contributed by atoms with Crippen molar-refractivity contribution in [1.82, 2.24) is 0 Å². The van der Waals surface area contributed by atoms with E-state index in [1.54, 1.807) is 0 Å². The maximum atomic E-state index is 11.7. The van der Waals surface area contributed by atoms with E-state index in [1.807, 2.05) is 39.0 Å². The van der Waals surface area contributed by atoms with E-state index < -0.39 is 0 Å². The van der Waals surface area contributed by atoms with Crippen molar-refractivity contribution >= 4 is 34.2 Å². The molecule has 3 heteroatoms. The van der Waals surface area contributed by atoms with E-state index in [2.05, 4.69) is 27.9 Å². The molecule has 0 aliphatic heterocycles. The van der Waals surface area contributed by atoms with Crippen LogP contribution in [-0.2, 0) is 4.79 Å². The van der Waals surface area contributed by atoms with Gasteiger partial charge in [0.05, 0.1) is 0 Å². The number of benzene rings is 1. The third kappa shape index (κ3) is 3.48. The van der Waals surface area contributed by atoms with E-state index in [0.29, 0.717) is 0 Å². The summed E-state index contributed by atoms with van der Waals surface area (Å²) in [5.74, 6) is 0.171. The Labute approximate surface area is 105 Å². The summed E-state index contributed by atoms with van der Waals surface area (Å²) in [7, 11) is 0. The lowest BCUT2D eigenvalue weighted by Crippen LogP contribution is -2.20. The molecule has 15 heavy (non-hydrogen) atoms. The van der Waals surface area contributed by atoms with Crippen LogP contribution in [0.25, 0.3) is 0 Å². The van der Waals surface area contributed by atoms with E-state index in [1.165, 1.54) is 0 Å². The lowest BCUT2D eigenvalue weighted by Gasteiger charge is -2.12. The van der Waals surface area contributed by atoms with Gasteiger partial charge in [0, 0.05) is 15.2 Å². The molecule has 1 atom stereocenters. The lowest BCUT2D eigenvalue weighted by atomic mass is 10.1. The summed E-state index contributed by atoms with van der Waals surface area (Å²) >= 11 is 2.24. The molecule has 82 valence electrons. The number of nitrogens with one attached hydrogen (secondary N) is 1. The standard InChI is InChI=1S/C12H16INO/c1-4-8(2)12(15)14-11-7-10(13)6-5-9(11)3/h5-8H,4H2,1-3H3,(H,14,15). The fraction of sp³-hybridized carbons (Fsp3) is 0.417. The summed E-state index contributed by atoms with van der Waals surface area (Å²) in [5.41, 5.74) is 2.03. The van der Waals surface area contributed by atoms with Crippen molar-refractivity contribution in [3.05, 3.63) is 27.3 Å². The van der Waals surface area contributed by atoms with Crippen LogP contribution in [0.1, 0.15) is 25.8 Å². The van der Waals surface area contributed by atoms with Gasteiger partial charge in [0.15, 0.2) is 0 Å². The maximum Gasteiger partial charge on any atom is 0.227 e. The number of carbonyl (C=O) groups excluding carboxylic acids is 1. The summed E-state index contributed by atoms with van der Waals surface area (Å²) in [6.45, 7) is 5.97. The first-order chi connectivity index (χ1) is 7.04. The fourth-order valence-corrected chi connectivity index (χ4v) is 1.66. The number of carbonyl (C=O) groups is 1. The highest BCUT2D eigenvalue weighted by molar-refractivity contribution is 14.1. The van der Waals surface area contributed by atoms with Gasteiger partial charge in [0.1, 0.15) is 0 Å². The van der Waals surface area contributed by atoms with Crippen molar-refractivity contribution in [1.29, 1.82) is 0 Å². The van der Waals surface area contributed by atoms with Crippen LogP contribution in [0.4, 0.5) is 5.69 Å². The SMILES string of the molecule is CCC(C)C(=O)Nc1cc(I)ccc1C. The fourth-order valence-electron chi connectivity index (χ4n) is 1.17. The zero-order valence-corrected chi connectivity index (χ0v) is 11.5. The highest BCUT2D eigenvalue weighted by Crippen LogP contribution is 2.19. The van der Waals surface area contributed by atoms with Crippen LogP contribution in [0, 0.1) is 16.4 Å². The van der Waals surface area contributed by atoms with Crippen molar-refractivity contribution in [3.63, 3.8) is 0 Å². The van der Waals surface area contributed by atoms with Crippen molar-refractivity contribution in [2.75, 3.05) is 5.32 Å². The molecule has 1 aromatic carbocycles. The smallest absolute Gasteiger partial charge is 0.227 e. The van der Waals surface area contributed by atoms with Crippen molar-refractivity contribution in [3.8, 4) is 0 Å². The molecule has 1 unspecified atom stereocenters. The molecule has 0 heterocycles. The second kappa shape index (κ2) is 5.49. The van der Waals surface area contributed by atoms with Gasteiger partial charge in [0.2, 0.25) is 5.91 Å². The minimum absolute atomic E-state index is 0.0715. The van der Waals surface area contributed by atoms with Crippen molar-refractivity contribution in [2.24, 2.45) is 5.92 Å². The molecule has 0 radical (unpaired) electrons. The lowest BCUT2D eigenvalue weighted by molar-refractivity contribution is -0.119. The molecule has 1 N–H and O–H groups in total. The molecule has 0 aromatic heterocycles. The average Bonchev–Trinajstić information content (AvgIpc) is 2.22. The third-order valence-electron chi connectivity index (χ3n) is 2.52. The second-order valence-electron chi connectivity index (χ2n) is 3.76. The Balaban J connectivity index is 2.80. The van der Waals surface area contributed by atoms with Gasteiger partial charge in [-0.15, -0.1) is 0 Å². The van der Waals surface area contributed by atoms with Gasteiger partial charge in [0.25, 0.3) is 0 Å². The van der Waals surface area contributed by atoms with Crippen molar-refractivity contribution in [2.45, 2.75) is 27.2 Å². The Hall–Kier alpha value is -0.580. The molecule has 0 saturated carbocycles. The predicted octanol–water partition coefficient (Wildman–Crippen LogP) is 3.58. The first kappa shape index (κ1) is 12.5. The molecule has 1 rings (SSSR count). The number of aryl methyl sites for hydroxylation is 1. The second-order valence-corrected chi connectivity index (χ2v) is 5.00. The van der Waals surface area contributed by atoms with Crippen LogP contribution in [-0.4, -0.2) is 5.91 Å². The van der Waals surface area contributed by atoms with E-state index in [9.17, 15) is 4.79 Å². The van der Waals surface area contributed by atoms with Crippen LogP contribution in [0.3, 0.4) is 0 Å². The molecule has 0 saturated heterocycles. The Kier molecular flexibility index (Phi) is 4.57. The number of anilines is 1. The van der Waals surface area contributed by atoms with Gasteiger partial charge >= 0.3 is 0 Å². The normalized spacial score (nSPS) is 12.3. The van der Waals surface area contributed by atoms with Gasteiger partial charge < -0.3 is 5.32 Å².